The summed E-state index contributed by atoms with van der Waals surface area (Å²) in [5.41, 5.74) is 11.7. The first kappa shape index (κ1) is 30.6. The fraction of sp³-hybridized carbons (Fsp3) is 0.417. The van der Waals surface area contributed by atoms with Gasteiger partial charge >= 0.3 is 9.28 Å². The normalized spacial score (nSPS) is 14.2. The van der Waals surface area contributed by atoms with Gasteiger partial charge in [-0.2, -0.15) is 0 Å². The molecule has 5 heteroatoms. The summed E-state index contributed by atoms with van der Waals surface area (Å²) in [7, 11) is 2.53. The molecule has 0 saturated carbocycles. The number of rotatable bonds is 8. The van der Waals surface area contributed by atoms with E-state index in [4.69, 9.17) is 6.58 Å². The zero-order chi connectivity index (χ0) is 30.2. The molecule has 4 nitrogen and oxygen atoms in total. The molecule has 2 aromatic carbocycles. The van der Waals surface area contributed by atoms with Gasteiger partial charge in [-0.25, -0.2) is 0 Å². The number of aromatic nitrogens is 1. The third kappa shape index (κ3) is 5.87. The highest BCUT2D eigenvalue weighted by atomic mass is 28.3. The van der Waals surface area contributed by atoms with Gasteiger partial charge in [-0.3, -0.25) is 0 Å². The van der Waals surface area contributed by atoms with E-state index >= 15 is 0 Å². The molecule has 218 valence electrons. The van der Waals surface area contributed by atoms with Gasteiger partial charge in [0, 0.05) is 49.0 Å². The van der Waals surface area contributed by atoms with Crippen LogP contribution in [0, 0.1) is 0 Å². The monoisotopic (exact) mass is 566 g/mol. The Morgan fingerprint density at radius 2 is 1.05 bits per heavy atom. The van der Waals surface area contributed by atoms with E-state index in [9.17, 15) is 0 Å². The molecule has 0 fully saturated rings. The van der Waals surface area contributed by atoms with Gasteiger partial charge in [0.05, 0.1) is 0 Å². The summed E-state index contributed by atoms with van der Waals surface area (Å²) in [5, 5.41) is 0. The number of allylic oxidation sites excluding steroid dienone is 2. The second kappa shape index (κ2) is 12.3. The third-order valence-corrected chi connectivity index (χ3v) is 10.8. The van der Waals surface area contributed by atoms with Gasteiger partial charge in [-0.1, -0.05) is 98.4 Å². The third-order valence-electron chi connectivity index (χ3n) is 8.11. The van der Waals surface area contributed by atoms with Gasteiger partial charge in [0.15, 0.2) is 0 Å². The van der Waals surface area contributed by atoms with Gasteiger partial charge in [-0.05, 0) is 64.6 Å². The van der Waals surface area contributed by atoms with Crippen molar-refractivity contribution in [2.75, 3.05) is 28.1 Å². The van der Waals surface area contributed by atoms with Gasteiger partial charge in [-0.15, -0.1) is 0 Å². The van der Waals surface area contributed by atoms with Crippen molar-refractivity contribution in [1.82, 2.24) is 0 Å². The quantitative estimate of drug-likeness (QED) is 0.253. The molecule has 1 aliphatic rings. The van der Waals surface area contributed by atoms with E-state index in [1.165, 1.54) is 45.0 Å². The molecule has 0 amide bonds. The van der Waals surface area contributed by atoms with Crippen LogP contribution in [-0.2, 0) is 0 Å². The van der Waals surface area contributed by atoms with Crippen molar-refractivity contribution < 1.29 is 4.23 Å². The number of benzene rings is 2. The number of nitrogens with zero attached hydrogens (tertiary/aromatic N) is 4. The number of pyridine rings is 1. The van der Waals surface area contributed by atoms with Crippen LogP contribution in [0.5, 0.6) is 0 Å². The standard InChI is InChI=1S/C36H50N4Si/c1-24(2)31-15-13-16-32(25(3)4)35(31)39-28(9)23-29(10)40(41(39)38-21-19-30(20-22-38)37(11)12)36-33(26(5)6)17-14-18-34(36)27(7)8/h13-27H,9H2,1-8,10-12H3. The van der Waals surface area contributed by atoms with E-state index < -0.39 is 9.28 Å². The SMILES string of the molecule is C=C1C=C(C)N(c2c(C(C)C)cccc2C(C)C)[Si-]([n+]2ccc(N(C)C)cc2)N1c1c(C(C)C)cccc1C(C)C. The summed E-state index contributed by atoms with van der Waals surface area (Å²) in [6.07, 6.45) is 6.84. The van der Waals surface area contributed by atoms with E-state index in [1.807, 2.05) is 0 Å². The summed E-state index contributed by atoms with van der Waals surface area (Å²) in [4.78, 5) is 2.16. The minimum Gasteiger partial charge on any atom is -0.429 e. The average molecular weight is 567 g/mol. The lowest BCUT2D eigenvalue weighted by molar-refractivity contribution is -0.539. The lowest BCUT2D eigenvalue weighted by Crippen LogP contribution is -2.72. The van der Waals surface area contributed by atoms with Crippen molar-refractivity contribution in [2.45, 2.75) is 86.0 Å². The fourth-order valence-corrected chi connectivity index (χ4v) is 8.59. The predicted molar refractivity (Wildman–Crippen MR) is 179 cm³/mol. The Labute approximate surface area is 251 Å². The van der Waals surface area contributed by atoms with Crippen molar-refractivity contribution >= 4 is 26.3 Å². The number of hydrogen-bond acceptors (Lipinski definition) is 3. The Hall–Kier alpha value is -3.31. The smallest absolute Gasteiger partial charge is 0.306 e. The maximum atomic E-state index is 4.71. The van der Waals surface area contributed by atoms with Gasteiger partial charge < -0.3 is 18.3 Å². The van der Waals surface area contributed by atoms with Crippen LogP contribution in [0.4, 0.5) is 17.1 Å². The van der Waals surface area contributed by atoms with Crippen LogP contribution in [-0.4, -0.2) is 23.4 Å². The molecule has 0 spiro atoms. The summed E-state index contributed by atoms with van der Waals surface area (Å²) < 4.78 is 7.72. The maximum absolute atomic E-state index is 4.71. The number of hydrogen-bond donors (Lipinski definition) is 0. The molecule has 2 heterocycles. The van der Waals surface area contributed by atoms with E-state index in [-0.39, 0.29) is 0 Å². The molecule has 0 radical (unpaired) electrons. The van der Waals surface area contributed by atoms with Crippen molar-refractivity contribution in [3.05, 3.63) is 107 Å². The average Bonchev–Trinajstić information content (AvgIpc) is 2.91. The Kier molecular flexibility index (Phi) is 9.18. The highest BCUT2D eigenvalue weighted by Crippen LogP contribution is 2.43. The van der Waals surface area contributed by atoms with Crippen molar-refractivity contribution in [2.24, 2.45) is 0 Å². The van der Waals surface area contributed by atoms with Gasteiger partial charge in [0.1, 0.15) is 12.4 Å². The molecule has 0 saturated heterocycles. The molecular weight excluding hydrogens is 517 g/mol. The predicted octanol–water partition coefficient (Wildman–Crippen LogP) is 8.81. The molecule has 1 aliphatic heterocycles. The van der Waals surface area contributed by atoms with E-state index in [0.717, 1.165) is 5.70 Å². The first-order valence-electron chi connectivity index (χ1n) is 15.1. The minimum atomic E-state index is -1.67. The minimum absolute atomic E-state index is 0.385. The number of para-hydroxylation sites is 2. The first-order chi connectivity index (χ1) is 19.3. The van der Waals surface area contributed by atoms with Crippen molar-refractivity contribution in [3.8, 4) is 0 Å². The van der Waals surface area contributed by atoms with E-state index in [1.54, 1.807) is 0 Å². The Morgan fingerprint density at radius 3 is 1.41 bits per heavy atom. The second-order valence-corrected chi connectivity index (χ2v) is 14.8. The summed E-state index contributed by atoms with van der Waals surface area (Å²) in [5.74, 6) is 1.56. The lowest BCUT2D eigenvalue weighted by Gasteiger charge is -2.53. The zero-order valence-electron chi connectivity index (χ0n) is 27.2. The Bertz CT molecular complexity index is 1360. The van der Waals surface area contributed by atoms with Gasteiger partial charge in [0.2, 0.25) is 0 Å². The van der Waals surface area contributed by atoms with Crippen molar-refractivity contribution in [3.63, 3.8) is 0 Å². The van der Waals surface area contributed by atoms with Crippen LogP contribution in [0.15, 0.2) is 85.0 Å². The summed E-state index contributed by atoms with van der Waals surface area (Å²) in [6.45, 7) is 25.5. The molecule has 4 rings (SSSR count). The summed E-state index contributed by atoms with van der Waals surface area (Å²) >= 11 is 0. The highest BCUT2D eigenvalue weighted by molar-refractivity contribution is 6.61. The topological polar surface area (TPSA) is 13.6 Å². The second-order valence-electron chi connectivity index (χ2n) is 12.8. The largest absolute Gasteiger partial charge is 0.429 e. The molecule has 0 unspecified atom stereocenters. The molecule has 0 bridgehead atoms. The molecule has 0 atom stereocenters. The van der Waals surface area contributed by atoms with Crippen LogP contribution in [0.3, 0.4) is 0 Å². The molecule has 41 heavy (non-hydrogen) atoms. The van der Waals surface area contributed by atoms with Crippen LogP contribution in [0.1, 0.15) is 108 Å². The number of anilines is 3. The summed E-state index contributed by atoms with van der Waals surface area (Å²) in [6, 6.07) is 18.2. The van der Waals surface area contributed by atoms with E-state index in [0.29, 0.717) is 23.7 Å². The van der Waals surface area contributed by atoms with Crippen LogP contribution in [0.25, 0.3) is 0 Å². The Balaban J connectivity index is 2.12. The van der Waals surface area contributed by atoms with Crippen LogP contribution >= 0.6 is 0 Å². The highest BCUT2D eigenvalue weighted by Gasteiger charge is 2.36. The van der Waals surface area contributed by atoms with Crippen LogP contribution < -0.4 is 18.3 Å². The maximum Gasteiger partial charge on any atom is 0.306 e. The van der Waals surface area contributed by atoms with Gasteiger partial charge in [0.25, 0.3) is 0 Å². The molecule has 1 aromatic heterocycles. The molecule has 0 aliphatic carbocycles. The van der Waals surface area contributed by atoms with E-state index in [2.05, 4.69) is 162 Å². The lowest BCUT2D eigenvalue weighted by atomic mass is 9.92. The fourth-order valence-electron chi connectivity index (χ4n) is 5.90. The molecule has 3 aromatic rings. The zero-order valence-corrected chi connectivity index (χ0v) is 28.2. The van der Waals surface area contributed by atoms with Crippen molar-refractivity contribution in [1.29, 1.82) is 0 Å². The molecule has 0 N–H and O–H groups in total. The Morgan fingerprint density at radius 1 is 0.659 bits per heavy atom. The first-order valence-corrected chi connectivity index (χ1v) is 16.5. The van der Waals surface area contributed by atoms with Crippen LogP contribution in [0.2, 0.25) is 0 Å². The molecular formula is C36H50N4Si.